The molecule has 0 spiro atoms. The molecule has 0 aromatic heterocycles. The van der Waals surface area contributed by atoms with Crippen LogP contribution in [0.1, 0.15) is 17.3 Å². The van der Waals surface area contributed by atoms with Crippen molar-refractivity contribution in [2.75, 3.05) is 17.2 Å². The van der Waals surface area contributed by atoms with Crippen molar-refractivity contribution in [1.82, 2.24) is 0 Å². The summed E-state index contributed by atoms with van der Waals surface area (Å²) in [5.41, 5.74) is 1.11. The van der Waals surface area contributed by atoms with E-state index in [0.717, 1.165) is 0 Å². The van der Waals surface area contributed by atoms with Crippen LogP contribution in [0.3, 0.4) is 0 Å². The molecule has 26 heavy (non-hydrogen) atoms. The number of nitrogens with one attached hydrogen (secondary N) is 2. The van der Waals surface area contributed by atoms with E-state index in [1.165, 1.54) is 18.3 Å². The van der Waals surface area contributed by atoms with Crippen LogP contribution in [0.25, 0.3) is 0 Å². The average Bonchev–Trinajstić information content (AvgIpc) is 2.64. The lowest BCUT2D eigenvalue weighted by Gasteiger charge is -2.07. The Morgan fingerprint density at radius 1 is 1.12 bits per heavy atom. The minimum atomic E-state index is -1.03. The third-order valence-electron chi connectivity index (χ3n) is 3.30. The lowest BCUT2D eigenvalue weighted by Crippen LogP contribution is -2.14. The first kappa shape index (κ1) is 18.5. The standard InChI is InChI=1S/C19H17N3O4/c1-2-26-17-9-7-16(8-10-17)22-18(23)14(11-20)12-21-15-5-3-13(4-6-15)19(24)25/h3-10,12,21H,2H2,1H3,(H,22,23)(H,24,25)/b14-12-. The maximum Gasteiger partial charge on any atom is 0.335 e. The molecule has 0 fully saturated rings. The number of ether oxygens (including phenoxy) is 1. The number of anilines is 2. The summed E-state index contributed by atoms with van der Waals surface area (Å²) in [5, 5.41) is 23.4. The van der Waals surface area contributed by atoms with Crippen molar-refractivity contribution in [3.8, 4) is 11.8 Å². The van der Waals surface area contributed by atoms with Crippen molar-refractivity contribution in [2.24, 2.45) is 0 Å². The maximum absolute atomic E-state index is 12.2. The molecule has 0 bridgehead atoms. The number of nitriles is 1. The molecule has 0 aliphatic heterocycles. The molecule has 132 valence electrons. The molecule has 0 aliphatic rings. The number of amides is 1. The molecule has 0 radical (unpaired) electrons. The SMILES string of the molecule is CCOc1ccc(NC(=O)/C(C#N)=C\Nc2ccc(C(=O)O)cc2)cc1. The molecule has 2 rings (SSSR count). The van der Waals surface area contributed by atoms with Gasteiger partial charge in [0.2, 0.25) is 0 Å². The molecule has 2 aromatic carbocycles. The van der Waals surface area contributed by atoms with Gasteiger partial charge < -0.3 is 20.5 Å². The van der Waals surface area contributed by atoms with Gasteiger partial charge in [-0.15, -0.1) is 0 Å². The Balaban J connectivity index is 2.02. The number of hydrogen-bond donors (Lipinski definition) is 3. The molecular weight excluding hydrogens is 334 g/mol. The second-order valence-electron chi connectivity index (χ2n) is 5.11. The Labute approximate surface area is 150 Å². The van der Waals surface area contributed by atoms with E-state index in [-0.39, 0.29) is 11.1 Å². The lowest BCUT2D eigenvalue weighted by molar-refractivity contribution is -0.112. The molecule has 0 aliphatic carbocycles. The molecule has 0 unspecified atom stereocenters. The van der Waals surface area contributed by atoms with E-state index in [1.54, 1.807) is 36.4 Å². The van der Waals surface area contributed by atoms with Gasteiger partial charge in [-0.2, -0.15) is 5.26 Å². The summed E-state index contributed by atoms with van der Waals surface area (Å²) in [6, 6.07) is 14.5. The summed E-state index contributed by atoms with van der Waals surface area (Å²) in [6.07, 6.45) is 1.26. The van der Waals surface area contributed by atoms with Crippen molar-refractivity contribution in [3.63, 3.8) is 0 Å². The second-order valence-corrected chi connectivity index (χ2v) is 5.11. The monoisotopic (exact) mass is 351 g/mol. The van der Waals surface area contributed by atoms with Gasteiger partial charge in [-0.3, -0.25) is 4.79 Å². The number of carboxylic acids is 1. The van der Waals surface area contributed by atoms with E-state index in [0.29, 0.717) is 23.7 Å². The molecule has 7 nitrogen and oxygen atoms in total. The highest BCUT2D eigenvalue weighted by Crippen LogP contribution is 2.16. The van der Waals surface area contributed by atoms with E-state index >= 15 is 0 Å². The van der Waals surface area contributed by atoms with Crippen LogP contribution in [0.2, 0.25) is 0 Å². The minimum absolute atomic E-state index is 0.124. The van der Waals surface area contributed by atoms with E-state index < -0.39 is 11.9 Å². The molecule has 0 saturated carbocycles. The Kier molecular flexibility index (Phi) is 6.34. The fraction of sp³-hybridized carbons (Fsp3) is 0.105. The van der Waals surface area contributed by atoms with Gasteiger partial charge in [0.25, 0.3) is 5.91 Å². The zero-order valence-electron chi connectivity index (χ0n) is 14.0. The third-order valence-corrected chi connectivity index (χ3v) is 3.30. The topological polar surface area (TPSA) is 111 Å². The largest absolute Gasteiger partial charge is 0.494 e. The van der Waals surface area contributed by atoms with Gasteiger partial charge in [-0.1, -0.05) is 0 Å². The summed E-state index contributed by atoms with van der Waals surface area (Å²) < 4.78 is 5.32. The summed E-state index contributed by atoms with van der Waals surface area (Å²) in [5.74, 6) is -0.904. The Morgan fingerprint density at radius 3 is 2.27 bits per heavy atom. The van der Waals surface area contributed by atoms with E-state index in [1.807, 2.05) is 13.0 Å². The fourth-order valence-corrected chi connectivity index (χ4v) is 2.01. The van der Waals surface area contributed by atoms with Crippen molar-refractivity contribution in [1.29, 1.82) is 5.26 Å². The van der Waals surface area contributed by atoms with Crippen LogP contribution >= 0.6 is 0 Å². The number of hydrogen-bond acceptors (Lipinski definition) is 5. The first-order chi connectivity index (χ1) is 12.5. The smallest absolute Gasteiger partial charge is 0.335 e. The first-order valence-electron chi connectivity index (χ1n) is 7.78. The van der Waals surface area contributed by atoms with Gasteiger partial charge in [-0.25, -0.2) is 4.79 Å². The molecule has 3 N–H and O–H groups in total. The number of rotatable bonds is 7. The van der Waals surface area contributed by atoms with E-state index in [2.05, 4.69) is 10.6 Å². The van der Waals surface area contributed by atoms with Crippen molar-refractivity contribution in [3.05, 3.63) is 65.9 Å². The van der Waals surface area contributed by atoms with Gasteiger partial charge in [0.15, 0.2) is 0 Å². The third kappa shape index (κ3) is 5.11. The van der Waals surface area contributed by atoms with Crippen LogP contribution < -0.4 is 15.4 Å². The second kappa shape index (κ2) is 8.89. The Morgan fingerprint density at radius 2 is 1.73 bits per heavy atom. The van der Waals surface area contributed by atoms with Gasteiger partial charge in [-0.05, 0) is 55.5 Å². The van der Waals surface area contributed by atoms with Crippen LogP contribution in [0, 0.1) is 11.3 Å². The van der Waals surface area contributed by atoms with Crippen LogP contribution in [0.4, 0.5) is 11.4 Å². The predicted molar refractivity (Wildman–Crippen MR) is 97.0 cm³/mol. The first-order valence-corrected chi connectivity index (χ1v) is 7.78. The molecule has 0 heterocycles. The van der Waals surface area contributed by atoms with Gasteiger partial charge in [0.1, 0.15) is 17.4 Å². The molecule has 2 aromatic rings. The maximum atomic E-state index is 12.2. The molecule has 0 saturated heterocycles. The number of benzene rings is 2. The van der Waals surface area contributed by atoms with Gasteiger partial charge >= 0.3 is 5.97 Å². The number of carbonyl (C=O) groups excluding carboxylic acids is 1. The number of carbonyl (C=O) groups is 2. The summed E-state index contributed by atoms with van der Waals surface area (Å²) >= 11 is 0. The van der Waals surface area contributed by atoms with Crippen LogP contribution in [-0.2, 0) is 4.79 Å². The lowest BCUT2D eigenvalue weighted by atomic mass is 10.2. The highest BCUT2D eigenvalue weighted by atomic mass is 16.5. The Hall–Kier alpha value is -3.79. The fourth-order valence-electron chi connectivity index (χ4n) is 2.01. The summed E-state index contributed by atoms with van der Waals surface area (Å²) in [7, 11) is 0. The van der Waals surface area contributed by atoms with Crippen molar-refractivity contribution < 1.29 is 19.4 Å². The van der Waals surface area contributed by atoms with Crippen LogP contribution in [-0.4, -0.2) is 23.6 Å². The van der Waals surface area contributed by atoms with Gasteiger partial charge in [0, 0.05) is 17.6 Å². The normalized spacial score (nSPS) is 10.5. The van der Waals surface area contributed by atoms with Crippen LogP contribution in [0.15, 0.2) is 60.3 Å². The van der Waals surface area contributed by atoms with Crippen molar-refractivity contribution in [2.45, 2.75) is 6.92 Å². The number of nitrogens with zero attached hydrogens (tertiary/aromatic N) is 1. The van der Waals surface area contributed by atoms with Gasteiger partial charge in [0.05, 0.1) is 12.2 Å². The molecule has 1 amide bonds. The number of aromatic carboxylic acids is 1. The van der Waals surface area contributed by atoms with E-state index in [9.17, 15) is 9.59 Å². The molecule has 7 heteroatoms. The molecule has 0 atom stereocenters. The summed E-state index contributed by atoms with van der Waals surface area (Å²) in [6.45, 7) is 2.42. The number of carboxylic acid groups (broad SMARTS) is 1. The Bertz CT molecular complexity index is 850. The van der Waals surface area contributed by atoms with Crippen molar-refractivity contribution >= 4 is 23.3 Å². The average molecular weight is 351 g/mol. The van der Waals surface area contributed by atoms with Crippen LogP contribution in [0.5, 0.6) is 5.75 Å². The van der Waals surface area contributed by atoms with E-state index in [4.69, 9.17) is 15.1 Å². The minimum Gasteiger partial charge on any atom is -0.494 e. The quantitative estimate of drug-likeness (QED) is 0.521. The summed E-state index contributed by atoms with van der Waals surface area (Å²) in [4.78, 5) is 23.0. The highest BCUT2D eigenvalue weighted by molar-refractivity contribution is 6.06. The zero-order valence-corrected chi connectivity index (χ0v) is 14.0. The predicted octanol–water partition coefficient (Wildman–Crippen LogP) is 3.24. The zero-order chi connectivity index (χ0) is 18.9. The highest BCUT2D eigenvalue weighted by Gasteiger charge is 2.09. The molecular formula is C19H17N3O4.